The van der Waals surface area contributed by atoms with E-state index in [0.717, 1.165) is 44.7 Å². The molecule has 0 N–H and O–H groups in total. The Morgan fingerprint density at radius 2 is 1.81 bits per heavy atom. The first-order valence-corrected chi connectivity index (χ1v) is 8.24. The van der Waals surface area contributed by atoms with Gasteiger partial charge in [-0.25, -0.2) is 0 Å². The molecule has 21 heavy (non-hydrogen) atoms. The van der Waals surface area contributed by atoms with Crippen molar-refractivity contribution in [3.63, 3.8) is 0 Å². The number of benzene rings is 1. The molecule has 0 atom stereocenters. The second-order valence-electron chi connectivity index (χ2n) is 6.36. The third-order valence-electron chi connectivity index (χ3n) is 4.59. The zero-order chi connectivity index (χ0) is 14.5. The third kappa shape index (κ3) is 4.57. The van der Waals surface area contributed by atoms with E-state index in [1.54, 1.807) is 0 Å². The average Bonchev–Trinajstić information content (AvgIpc) is 3.36. The molecule has 1 aliphatic carbocycles. The number of piperidine rings is 1. The molecule has 1 heterocycles. The highest BCUT2D eigenvalue weighted by molar-refractivity contribution is 5.76. The summed E-state index contributed by atoms with van der Waals surface area (Å²) in [6.45, 7) is 2.41. The summed E-state index contributed by atoms with van der Waals surface area (Å²) in [7, 11) is 0. The van der Waals surface area contributed by atoms with Gasteiger partial charge in [-0.1, -0.05) is 43.2 Å². The van der Waals surface area contributed by atoms with Crippen molar-refractivity contribution in [3.05, 3.63) is 35.9 Å². The zero-order valence-electron chi connectivity index (χ0n) is 12.7. The lowest BCUT2D eigenvalue weighted by Gasteiger charge is -2.32. The Hall–Kier alpha value is -1.35. The van der Waals surface area contributed by atoms with E-state index in [1.807, 2.05) is 23.1 Å². The van der Waals surface area contributed by atoms with Crippen molar-refractivity contribution in [3.8, 4) is 0 Å². The molecule has 2 fully saturated rings. The zero-order valence-corrected chi connectivity index (χ0v) is 12.7. The van der Waals surface area contributed by atoms with Crippen LogP contribution in [0.2, 0.25) is 0 Å². The van der Waals surface area contributed by atoms with Crippen LogP contribution < -0.4 is 0 Å². The highest BCUT2D eigenvalue weighted by atomic mass is 16.5. The molecule has 2 aliphatic rings. The Balaban J connectivity index is 1.35. The molecule has 3 rings (SSSR count). The van der Waals surface area contributed by atoms with E-state index < -0.39 is 0 Å². The van der Waals surface area contributed by atoms with Crippen molar-refractivity contribution in [1.29, 1.82) is 0 Å². The van der Waals surface area contributed by atoms with Gasteiger partial charge in [0.25, 0.3) is 0 Å². The van der Waals surface area contributed by atoms with Crippen LogP contribution >= 0.6 is 0 Å². The summed E-state index contributed by atoms with van der Waals surface area (Å²) >= 11 is 0. The van der Waals surface area contributed by atoms with Crippen LogP contribution in [0.3, 0.4) is 0 Å². The largest absolute Gasteiger partial charge is 0.373 e. The molecule has 1 aromatic rings. The van der Waals surface area contributed by atoms with Gasteiger partial charge in [-0.05, 0) is 30.7 Å². The lowest BCUT2D eigenvalue weighted by atomic mass is 10.1. The summed E-state index contributed by atoms with van der Waals surface area (Å²) in [5.74, 6) is 1.20. The van der Waals surface area contributed by atoms with E-state index in [1.165, 1.54) is 18.4 Å². The van der Waals surface area contributed by atoms with Crippen LogP contribution in [0.15, 0.2) is 30.3 Å². The van der Waals surface area contributed by atoms with Crippen molar-refractivity contribution in [2.45, 2.75) is 51.2 Å². The summed E-state index contributed by atoms with van der Waals surface area (Å²) in [6, 6.07) is 10.3. The molecule has 114 valence electrons. The Labute approximate surface area is 127 Å². The molecule has 1 saturated heterocycles. The second-order valence-corrected chi connectivity index (χ2v) is 6.36. The van der Waals surface area contributed by atoms with Gasteiger partial charge in [-0.15, -0.1) is 0 Å². The van der Waals surface area contributed by atoms with Crippen LogP contribution in [0.4, 0.5) is 0 Å². The number of ether oxygens (including phenoxy) is 1. The van der Waals surface area contributed by atoms with Gasteiger partial charge in [-0.3, -0.25) is 4.79 Å². The monoisotopic (exact) mass is 287 g/mol. The fourth-order valence-electron chi connectivity index (χ4n) is 2.95. The van der Waals surface area contributed by atoms with E-state index in [2.05, 4.69) is 12.1 Å². The summed E-state index contributed by atoms with van der Waals surface area (Å²) < 4.78 is 5.97. The Morgan fingerprint density at radius 1 is 1.10 bits per heavy atom. The summed E-state index contributed by atoms with van der Waals surface area (Å²) in [5, 5.41) is 0. The topological polar surface area (TPSA) is 29.5 Å². The summed E-state index contributed by atoms with van der Waals surface area (Å²) in [5.41, 5.74) is 1.22. The Bertz CT molecular complexity index is 448. The maximum absolute atomic E-state index is 12.1. The maximum atomic E-state index is 12.1. The van der Waals surface area contributed by atoms with Crippen LogP contribution in [0.25, 0.3) is 0 Å². The first-order valence-electron chi connectivity index (χ1n) is 8.24. The highest BCUT2D eigenvalue weighted by Gasteiger charge is 2.26. The van der Waals surface area contributed by atoms with Crippen LogP contribution in [0, 0.1) is 5.92 Å². The van der Waals surface area contributed by atoms with E-state index in [-0.39, 0.29) is 0 Å². The first-order chi connectivity index (χ1) is 10.3. The van der Waals surface area contributed by atoms with E-state index >= 15 is 0 Å². The van der Waals surface area contributed by atoms with Crippen LogP contribution in [-0.2, 0) is 16.1 Å². The number of carbonyl (C=O) groups is 1. The number of nitrogens with zero attached hydrogens (tertiary/aromatic N) is 1. The van der Waals surface area contributed by atoms with Gasteiger partial charge in [0.2, 0.25) is 5.91 Å². The number of hydrogen-bond acceptors (Lipinski definition) is 2. The van der Waals surface area contributed by atoms with Gasteiger partial charge in [-0.2, -0.15) is 0 Å². The fourth-order valence-corrected chi connectivity index (χ4v) is 2.95. The molecule has 1 saturated carbocycles. The molecule has 3 heteroatoms. The summed E-state index contributed by atoms with van der Waals surface area (Å²) in [6.07, 6.45) is 6.77. The Morgan fingerprint density at radius 3 is 2.48 bits per heavy atom. The molecular formula is C18H25NO2. The van der Waals surface area contributed by atoms with Crippen LogP contribution in [0.1, 0.15) is 44.1 Å². The highest BCUT2D eigenvalue weighted by Crippen LogP contribution is 2.33. The molecule has 1 aliphatic heterocycles. The van der Waals surface area contributed by atoms with Gasteiger partial charge < -0.3 is 9.64 Å². The van der Waals surface area contributed by atoms with E-state index in [4.69, 9.17) is 4.74 Å². The molecule has 0 radical (unpaired) electrons. The van der Waals surface area contributed by atoms with Crippen molar-refractivity contribution in [2.75, 3.05) is 13.1 Å². The molecule has 0 aromatic heterocycles. The molecule has 0 unspecified atom stereocenters. The minimum absolute atomic E-state index is 0.303. The lowest BCUT2D eigenvalue weighted by Crippen LogP contribution is -2.40. The molecular weight excluding hydrogens is 262 g/mol. The average molecular weight is 287 g/mol. The van der Waals surface area contributed by atoms with Gasteiger partial charge >= 0.3 is 0 Å². The predicted molar refractivity (Wildman–Crippen MR) is 82.8 cm³/mol. The maximum Gasteiger partial charge on any atom is 0.222 e. The van der Waals surface area contributed by atoms with Crippen LogP contribution in [-0.4, -0.2) is 30.0 Å². The molecule has 0 bridgehead atoms. The van der Waals surface area contributed by atoms with Crippen molar-refractivity contribution in [1.82, 2.24) is 4.90 Å². The van der Waals surface area contributed by atoms with Gasteiger partial charge in [0.05, 0.1) is 12.7 Å². The molecule has 1 amide bonds. The molecule has 1 aromatic carbocycles. The lowest BCUT2D eigenvalue weighted by molar-refractivity contribution is -0.134. The number of rotatable bonds is 6. The summed E-state index contributed by atoms with van der Waals surface area (Å²) in [4.78, 5) is 14.1. The van der Waals surface area contributed by atoms with Crippen molar-refractivity contribution < 1.29 is 9.53 Å². The SMILES string of the molecule is O=C(CCC1CC1)N1CCC(OCc2ccccc2)CC1. The number of carbonyl (C=O) groups excluding carboxylic acids is 1. The fraction of sp³-hybridized carbons (Fsp3) is 0.611. The van der Waals surface area contributed by atoms with Gasteiger partial charge in [0.15, 0.2) is 0 Å². The Kier molecular flexibility index (Phi) is 4.91. The predicted octanol–water partition coefficient (Wildman–Crippen LogP) is 3.38. The molecule has 0 spiro atoms. The standard InChI is InChI=1S/C18H25NO2/c20-18(9-8-15-6-7-15)19-12-10-17(11-13-19)21-14-16-4-2-1-3-5-16/h1-5,15,17H,6-14H2. The number of amides is 1. The van der Waals surface area contributed by atoms with E-state index in [0.29, 0.717) is 18.6 Å². The van der Waals surface area contributed by atoms with Crippen molar-refractivity contribution in [2.24, 2.45) is 5.92 Å². The smallest absolute Gasteiger partial charge is 0.222 e. The third-order valence-corrected chi connectivity index (χ3v) is 4.59. The minimum atomic E-state index is 0.303. The van der Waals surface area contributed by atoms with Crippen molar-refractivity contribution >= 4 is 5.91 Å². The van der Waals surface area contributed by atoms with E-state index in [9.17, 15) is 4.79 Å². The quantitative estimate of drug-likeness (QED) is 0.802. The van der Waals surface area contributed by atoms with Gasteiger partial charge in [0, 0.05) is 19.5 Å². The molecule has 3 nitrogen and oxygen atoms in total. The van der Waals surface area contributed by atoms with Crippen LogP contribution in [0.5, 0.6) is 0 Å². The number of hydrogen-bond donors (Lipinski definition) is 0. The first kappa shape index (κ1) is 14.6. The van der Waals surface area contributed by atoms with Gasteiger partial charge in [0.1, 0.15) is 0 Å². The number of likely N-dealkylation sites (tertiary alicyclic amines) is 1. The second kappa shape index (κ2) is 7.08. The normalized spacial score (nSPS) is 19.7. The minimum Gasteiger partial charge on any atom is -0.373 e.